The lowest BCUT2D eigenvalue weighted by Crippen LogP contribution is -2.38. The summed E-state index contributed by atoms with van der Waals surface area (Å²) in [5.74, 6) is -0.542. The highest BCUT2D eigenvalue weighted by Gasteiger charge is 2.32. The number of carboxylic acids is 1. The molecule has 1 aliphatic rings. The van der Waals surface area contributed by atoms with Gasteiger partial charge in [0.25, 0.3) is 0 Å². The van der Waals surface area contributed by atoms with Crippen LogP contribution >= 0.6 is 0 Å². The number of carbonyl (C=O) groups is 1. The van der Waals surface area contributed by atoms with Gasteiger partial charge in [-0.05, 0) is 38.0 Å². The van der Waals surface area contributed by atoms with Gasteiger partial charge in [-0.25, -0.2) is 23.2 Å². The van der Waals surface area contributed by atoms with Crippen molar-refractivity contribution in [2.75, 3.05) is 12.8 Å². The fourth-order valence-electron chi connectivity index (χ4n) is 3.26. The molecular weight excluding hydrogens is 354 g/mol. The molecule has 1 fully saturated rings. The molecule has 0 amide bonds. The molecule has 1 aromatic carbocycles. The summed E-state index contributed by atoms with van der Waals surface area (Å²) < 4.78 is 25.7. The maximum Gasteiger partial charge on any atom is 0.335 e. The van der Waals surface area contributed by atoms with Crippen LogP contribution in [0.15, 0.2) is 30.3 Å². The number of rotatable bonds is 4. The third kappa shape index (κ3) is 3.91. The van der Waals surface area contributed by atoms with Crippen LogP contribution < -0.4 is 0 Å². The Kier molecular flexibility index (Phi) is 5.06. The highest BCUT2D eigenvalue weighted by atomic mass is 32.2. The van der Waals surface area contributed by atoms with Crippen molar-refractivity contribution >= 4 is 16.0 Å². The van der Waals surface area contributed by atoms with Gasteiger partial charge in [0.1, 0.15) is 5.82 Å². The average Bonchev–Trinajstić information content (AvgIpc) is 2.60. The van der Waals surface area contributed by atoms with E-state index < -0.39 is 16.0 Å². The topological polar surface area (TPSA) is 100 Å². The Morgan fingerprint density at radius 1 is 1.23 bits per heavy atom. The predicted molar refractivity (Wildman–Crippen MR) is 97.3 cm³/mol. The van der Waals surface area contributed by atoms with E-state index in [1.807, 2.05) is 6.92 Å². The van der Waals surface area contributed by atoms with E-state index in [1.54, 1.807) is 24.3 Å². The Balaban J connectivity index is 2.05. The maximum absolute atomic E-state index is 12.1. The molecule has 7 nitrogen and oxygen atoms in total. The van der Waals surface area contributed by atoms with Gasteiger partial charge in [-0.3, -0.25) is 0 Å². The van der Waals surface area contributed by atoms with Gasteiger partial charge in [-0.1, -0.05) is 18.6 Å². The van der Waals surface area contributed by atoms with E-state index in [4.69, 9.17) is 0 Å². The van der Waals surface area contributed by atoms with Crippen molar-refractivity contribution in [2.24, 2.45) is 0 Å². The summed E-state index contributed by atoms with van der Waals surface area (Å²) in [4.78, 5) is 20.3. The zero-order chi connectivity index (χ0) is 18.9. The lowest BCUT2D eigenvalue weighted by atomic mass is 10.0. The second-order valence-corrected chi connectivity index (χ2v) is 8.46. The molecular formula is C18H21N3O4S. The number of piperidine rings is 1. The number of carboxylic acid groups (broad SMARTS) is 1. The van der Waals surface area contributed by atoms with Crippen LogP contribution in [-0.4, -0.2) is 46.6 Å². The molecule has 26 heavy (non-hydrogen) atoms. The van der Waals surface area contributed by atoms with Crippen molar-refractivity contribution in [1.29, 1.82) is 0 Å². The molecule has 1 atom stereocenters. The number of nitrogens with zero attached hydrogens (tertiary/aromatic N) is 3. The minimum atomic E-state index is -3.36. The van der Waals surface area contributed by atoms with Crippen LogP contribution in [0.5, 0.6) is 0 Å². The first-order valence-corrected chi connectivity index (χ1v) is 10.3. The molecule has 1 N–H and O–H groups in total. The monoisotopic (exact) mass is 375 g/mol. The molecule has 2 heterocycles. The fourth-order valence-corrected chi connectivity index (χ4v) is 4.38. The number of aromatic carboxylic acids is 1. The molecule has 138 valence electrons. The number of benzene rings is 1. The molecule has 8 heteroatoms. The molecule has 0 spiro atoms. The van der Waals surface area contributed by atoms with Crippen molar-refractivity contribution in [1.82, 2.24) is 14.3 Å². The van der Waals surface area contributed by atoms with Gasteiger partial charge in [-0.15, -0.1) is 0 Å². The first-order chi connectivity index (χ1) is 12.3. The SMILES string of the molecule is Cc1cc(-c2cccc(C(=O)O)c2)nc([C@H]2CCCCN2S(C)(=O)=O)n1. The van der Waals surface area contributed by atoms with E-state index in [1.165, 1.54) is 16.6 Å². The highest BCUT2D eigenvalue weighted by Crippen LogP contribution is 2.32. The first kappa shape index (κ1) is 18.5. The zero-order valence-electron chi connectivity index (χ0n) is 14.7. The second-order valence-electron chi connectivity index (χ2n) is 6.52. The van der Waals surface area contributed by atoms with Crippen molar-refractivity contribution < 1.29 is 18.3 Å². The number of aryl methyl sites for hydroxylation is 1. The molecule has 0 aliphatic carbocycles. The summed E-state index contributed by atoms with van der Waals surface area (Å²) in [6, 6.07) is 7.92. The third-order valence-electron chi connectivity index (χ3n) is 4.45. The van der Waals surface area contributed by atoms with Gasteiger partial charge >= 0.3 is 5.97 Å². The van der Waals surface area contributed by atoms with Gasteiger partial charge in [-0.2, -0.15) is 4.31 Å². The number of hydrogen-bond acceptors (Lipinski definition) is 5. The van der Waals surface area contributed by atoms with Gasteiger partial charge in [0.15, 0.2) is 0 Å². The lowest BCUT2D eigenvalue weighted by Gasteiger charge is -2.32. The summed E-state index contributed by atoms with van der Waals surface area (Å²) in [5.41, 5.74) is 2.15. The minimum Gasteiger partial charge on any atom is -0.478 e. The van der Waals surface area contributed by atoms with Crippen molar-refractivity contribution in [3.05, 3.63) is 47.4 Å². The fraction of sp³-hybridized carbons (Fsp3) is 0.389. The smallest absolute Gasteiger partial charge is 0.335 e. The summed E-state index contributed by atoms with van der Waals surface area (Å²) in [6.07, 6.45) is 3.62. The Hall–Kier alpha value is -2.32. The van der Waals surface area contributed by atoms with Gasteiger partial charge < -0.3 is 5.11 Å². The molecule has 1 aliphatic heterocycles. The summed E-state index contributed by atoms with van der Waals surface area (Å²) in [5, 5.41) is 9.19. The number of hydrogen-bond donors (Lipinski definition) is 1. The molecule has 0 bridgehead atoms. The van der Waals surface area contributed by atoms with Crippen LogP contribution in [0.1, 0.15) is 47.2 Å². The van der Waals surface area contributed by atoms with Crippen LogP contribution in [-0.2, 0) is 10.0 Å². The van der Waals surface area contributed by atoms with Crippen LogP contribution in [0, 0.1) is 6.92 Å². The first-order valence-electron chi connectivity index (χ1n) is 8.42. The van der Waals surface area contributed by atoms with Crippen LogP contribution in [0.4, 0.5) is 0 Å². The van der Waals surface area contributed by atoms with E-state index in [0.29, 0.717) is 35.7 Å². The van der Waals surface area contributed by atoms with E-state index in [2.05, 4.69) is 9.97 Å². The minimum absolute atomic E-state index is 0.177. The average molecular weight is 375 g/mol. The van der Waals surface area contributed by atoms with Crippen LogP contribution in [0.2, 0.25) is 0 Å². The highest BCUT2D eigenvalue weighted by molar-refractivity contribution is 7.88. The quantitative estimate of drug-likeness (QED) is 0.882. The molecule has 3 rings (SSSR count). The Bertz CT molecular complexity index is 943. The van der Waals surface area contributed by atoms with E-state index >= 15 is 0 Å². The Morgan fingerprint density at radius 3 is 2.69 bits per heavy atom. The summed E-state index contributed by atoms with van der Waals surface area (Å²) in [7, 11) is -3.36. The molecule has 2 aromatic rings. The molecule has 0 radical (unpaired) electrons. The normalized spacial score (nSPS) is 18.6. The van der Waals surface area contributed by atoms with Gasteiger partial charge in [0.05, 0.1) is 23.6 Å². The molecule has 1 aromatic heterocycles. The Labute approximate surface area is 152 Å². The number of aromatic nitrogens is 2. The van der Waals surface area contributed by atoms with Gasteiger partial charge in [0.2, 0.25) is 10.0 Å². The summed E-state index contributed by atoms with van der Waals surface area (Å²) >= 11 is 0. The van der Waals surface area contributed by atoms with E-state index in [0.717, 1.165) is 12.8 Å². The molecule has 0 saturated carbocycles. The Morgan fingerprint density at radius 2 is 2.00 bits per heavy atom. The maximum atomic E-state index is 12.1. The van der Waals surface area contributed by atoms with Crippen molar-refractivity contribution in [3.63, 3.8) is 0 Å². The number of sulfonamides is 1. The molecule has 1 saturated heterocycles. The molecule has 0 unspecified atom stereocenters. The summed E-state index contributed by atoms with van der Waals surface area (Å²) in [6.45, 7) is 2.29. The predicted octanol–water partition coefficient (Wildman–Crippen LogP) is 2.64. The third-order valence-corrected chi connectivity index (χ3v) is 5.74. The zero-order valence-corrected chi connectivity index (χ0v) is 15.5. The second kappa shape index (κ2) is 7.13. The standard InChI is InChI=1S/C18H21N3O4S/c1-12-10-15(13-6-5-7-14(11-13)18(22)23)20-17(19-12)16-8-3-4-9-21(16)26(2,24)25/h5-7,10-11,16H,3-4,8-9H2,1-2H3,(H,22,23)/t16-/m1/s1. The van der Waals surface area contributed by atoms with Gasteiger partial charge in [0, 0.05) is 17.8 Å². The van der Waals surface area contributed by atoms with Crippen LogP contribution in [0.25, 0.3) is 11.3 Å². The van der Waals surface area contributed by atoms with E-state index in [9.17, 15) is 18.3 Å². The van der Waals surface area contributed by atoms with Crippen LogP contribution in [0.3, 0.4) is 0 Å². The van der Waals surface area contributed by atoms with Crippen molar-refractivity contribution in [2.45, 2.75) is 32.2 Å². The van der Waals surface area contributed by atoms with Crippen molar-refractivity contribution in [3.8, 4) is 11.3 Å². The lowest BCUT2D eigenvalue weighted by molar-refractivity contribution is 0.0697. The largest absolute Gasteiger partial charge is 0.478 e. The van der Waals surface area contributed by atoms with E-state index in [-0.39, 0.29) is 11.6 Å².